The summed E-state index contributed by atoms with van der Waals surface area (Å²) in [5, 5.41) is 2.85. The van der Waals surface area contributed by atoms with E-state index in [0.29, 0.717) is 36.4 Å². The first-order valence-corrected chi connectivity index (χ1v) is 10.0. The van der Waals surface area contributed by atoms with Crippen molar-refractivity contribution < 1.29 is 19.0 Å². The van der Waals surface area contributed by atoms with Crippen LogP contribution in [-0.2, 0) is 4.79 Å². The number of aryl methyl sites for hydroxylation is 1. The molecule has 29 heavy (non-hydrogen) atoms. The molecule has 1 N–H and O–H groups in total. The molecule has 154 valence electrons. The average molecular weight is 398 g/mol. The van der Waals surface area contributed by atoms with Crippen LogP contribution in [0.15, 0.2) is 30.3 Å². The lowest BCUT2D eigenvalue weighted by atomic mass is 10.1. The van der Waals surface area contributed by atoms with Crippen molar-refractivity contribution in [3.8, 4) is 17.4 Å². The number of anilines is 1. The average Bonchev–Trinajstić information content (AvgIpc) is 3.25. The van der Waals surface area contributed by atoms with Crippen LogP contribution in [0.4, 0.5) is 5.82 Å². The highest BCUT2D eigenvalue weighted by Gasteiger charge is 2.33. The number of aromatic nitrogens is 2. The Morgan fingerprint density at radius 1 is 1.21 bits per heavy atom. The Labute approximate surface area is 170 Å². The summed E-state index contributed by atoms with van der Waals surface area (Å²) >= 11 is 0. The lowest BCUT2D eigenvalue weighted by Crippen LogP contribution is -2.49. The Morgan fingerprint density at radius 3 is 2.69 bits per heavy atom. The number of carbonyl (C=O) groups is 1. The lowest BCUT2D eigenvalue weighted by molar-refractivity contribution is -0.133. The normalized spacial score (nSPS) is 20.4. The number of fused-ring (bicyclic) bond motifs is 1. The molecule has 4 rings (SSSR count). The van der Waals surface area contributed by atoms with E-state index in [0.717, 1.165) is 18.9 Å². The largest absolute Gasteiger partial charge is 0.482 e. The molecule has 1 fully saturated rings. The van der Waals surface area contributed by atoms with Crippen LogP contribution in [0.25, 0.3) is 0 Å². The first-order valence-electron chi connectivity index (χ1n) is 10.0. The summed E-state index contributed by atoms with van der Waals surface area (Å²) in [4.78, 5) is 23.6. The van der Waals surface area contributed by atoms with Gasteiger partial charge in [-0.05, 0) is 38.8 Å². The van der Waals surface area contributed by atoms with Crippen LogP contribution < -0.4 is 24.4 Å². The van der Waals surface area contributed by atoms with Gasteiger partial charge in [0.15, 0.2) is 11.5 Å². The third-order valence-corrected chi connectivity index (χ3v) is 4.98. The van der Waals surface area contributed by atoms with E-state index >= 15 is 0 Å². The molecule has 0 spiro atoms. The number of amides is 1. The van der Waals surface area contributed by atoms with E-state index in [1.807, 2.05) is 38.1 Å². The highest BCUT2D eigenvalue weighted by molar-refractivity contribution is 5.82. The van der Waals surface area contributed by atoms with Crippen molar-refractivity contribution in [1.29, 1.82) is 0 Å². The summed E-state index contributed by atoms with van der Waals surface area (Å²) in [6.45, 7) is 6.34. The molecular weight excluding hydrogens is 372 g/mol. The van der Waals surface area contributed by atoms with Crippen molar-refractivity contribution in [1.82, 2.24) is 15.3 Å². The zero-order valence-electron chi connectivity index (χ0n) is 16.8. The van der Waals surface area contributed by atoms with E-state index in [-0.39, 0.29) is 12.0 Å². The van der Waals surface area contributed by atoms with Crippen molar-refractivity contribution in [2.24, 2.45) is 0 Å². The van der Waals surface area contributed by atoms with Gasteiger partial charge in [-0.1, -0.05) is 12.1 Å². The number of ether oxygens (including phenoxy) is 3. The second-order valence-corrected chi connectivity index (χ2v) is 7.25. The van der Waals surface area contributed by atoms with Gasteiger partial charge in [-0.2, -0.15) is 4.98 Å². The number of rotatable bonds is 6. The number of hydrogen-bond acceptors (Lipinski definition) is 7. The predicted octanol–water partition coefficient (Wildman–Crippen LogP) is 2.11. The van der Waals surface area contributed by atoms with Gasteiger partial charge in [-0.25, -0.2) is 4.98 Å². The van der Waals surface area contributed by atoms with Gasteiger partial charge in [0.1, 0.15) is 24.4 Å². The quantitative estimate of drug-likeness (QED) is 0.746. The number of nitrogens with zero attached hydrogens (tertiary/aromatic N) is 3. The van der Waals surface area contributed by atoms with E-state index in [2.05, 4.69) is 20.2 Å². The molecule has 0 radical (unpaired) electrons. The van der Waals surface area contributed by atoms with E-state index in [9.17, 15) is 4.79 Å². The Bertz CT molecular complexity index is 870. The molecule has 0 aliphatic carbocycles. The molecule has 8 nitrogen and oxygen atoms in total. The molecule has 1 aromatic carbocycles. The van der Waals surface area contributed by atoms with Gasteiger partial charge in [0.25, 0.3) is 5.91 Å². The molecular formula is C21H26N4O4. The van der Waals surface area contributed by atoms with Crippen LogP contribution in [0.5, 0.6) is 17.4 Å². The monoisotopic (exact) mass is 398 g/mol. The van der Waals surface area contributed by atoms with Crippen LogP contribution in [0.3, 0.4) is 0 Å². The summed E-state index contributed by atoms with van der Waals surface area (Å²) in [6, 6.07) is 9.20. The molecule has 2 aromatic rings. The third kappa shape index (κ3) is 4.52. The fourth-order valence-corrected chi connectivity index (χ4v) is 3.54. The molecule has 2 aliphatic heterocycles. The van der Waals surface area contributed by atoms with Crippen LogP contribution >= 0.6 is 0 Å². The van der Waals surface area contributed by atoms with Crippen molar-refractivity contribution in [3.05, 3.63) is 36.2 Å². The van der Waals surface area contributed by atoms with Crippen LogP contribution in [-0.4, -0.2) is 54.3 Å². The van der Waals surface area contributed by atoms with Gasteiger partial charge >= 0.3 is 0 Å². The van der Waals surface area contributed by atoms with Gasteiger partial charge < -0.3 is 24.4 Å². The van der Waals surface area contributed by atoms with Crippen LogP contribution in [0.2, 0.25) is 0 Å². The van der Waals surface area contributed by atoms with Crippen molar-refractivity contribution in [3.63, 3.8) is 0 Å². The van der Waals surface area contributed by atoms with E-state index < -0.39 is 6.10 Å². The first-order chi connectivity index (χ1) is 14.1. The Morgan fingerprint density at radius 2 is 1.93 bits per heavy atom. The second kappa shape index (κ2) is 8.55. The molecule has 2 atom stereocenters. The fraction of sp³-hybridized carbons (Fsp3) is 0.476. The maximum Gasteiger partial charge on any atom is 0.265 e. The minimum absolute atomic E-state index is 0.229. The topological polar surface area (TPSA) is 85.8 Å². The molecule has 3 heterocycles. The first kappa shape index (κ1) is 19.3. The second-order valence-electron chi connectivity index (χ2n) is 7.25. The van der Waals surface area contributed by atoms with Crippen molar-refractivity contribution in [2.75, 3.05) is 31.1 Å². The van der Waals surface area contributed by atoms with Gasteiger partial charge in [-0.15, -0.1) is 0 Å². The number of benzene rings is 1. The predicted molar refractivity (Wildman–Crippen MR) is 108 cm³/mol. The van der Waals surface area contributed by atoms with Gasteiger partial charge in [-0.3, -0.25) is 4.79 Å². The molecule has 1 saturated heterocycles. The van der Waals surface area contributed by atoms with Gasteiger partial charge in [0.05, 0.1) is 6.54 Å². The van der Waals surface area contributed by atoms with E-state index in [4.69, 9.17) is 14.2 Å². The molecule has 0 saturated carbocycles. The maximum atomic E-state index is 12.5. The fourth-order valence-electron chi connectivity index (χ4n) is 3.54. The van der Waals surface area contributed by atoms with Crippen molar-refractivity contribution >= 4 is 11.7 Å². The maximum absolute atomic E-state index is 12.5. The molecule has 1 aromatic heterocycles. The molecule has 2 unspecified atom stereocenters. The summed E-state index contributed by atoms with van der Waals surface area (Å²) in [7, 11) is 0. The number of hydrogen-bond donors (Lipinski definition) is 1. The Hall–Kier alpha value is -3.03. The van der Waals surface area contributed by atoms with Crippen molar-refractivity contribution in [2.45, 2.75) is 38.9 Å². The van der Waals surface area contributed by atoms with Gasteiger partial charge in [0, 0.05) is 19.2 Å². The smallest absolute Gasteiger partial charge is 0.265 e. The van der Waals surface area contributed by atoms with Crippen LogP contribution in [0.1, 0.15) is 25.6 Å². The lowest BCUT2D eigenvalue weighted by Gasteiger charge is -2.31. The summed E-state index contributed by atoms with van der Waals surface area (Å²) in [5.41, 5.74) is 0. The standard InChI is InChI=1S/C21H26N4O4/c1-14-20(29-17-8-4-3-7-16(17)28-14)21(26)22-9-12-27-19-13-18(23-15(2)24-19)25-10-5-6-11-25/h3-4,7-8,13-14,20H,5-6,9-12H2,1-2H3,(H,22,26). The molecule has 0 bridgehead atoms. The zero-order chi connectivity index (χ0) is 20.2. The summed E-state index contributed by atoms with van der Waals surface area (Å²) in [5.74, 6) is 3.09. The SMILES string of the molecule is Cc1nc(OCCNC(=O)C2Oc3ccccc3OC2C)cc(N2CCCC2)n1. The molecule has 1 amide bonds. The minimum Gasteiger partial charge on any atom is -0.482 e. The van der Waals surface area contributed by atoms with E-state index in [1.165, 1.54) is 12.8 Å². The van der Waals surface area contributed by atoms with E-state index in [1.54, 1.807) is 6.07 Å². The molecule has 2 aliphatic rings. The Balaban J connectivity index is 1.28. The summed E-state index contributed by atoms with van der Waals surface area (Å²) in [6.07, 6.45) is 1.29. The van der Waals surface area contributed by atoms with Crippen LogP contribution in [0, 0.1) is 6.92 Å². The highest BCUT2D eigenvalue weighted by atomic mass is 16.6. The number of para-hydroxylation sites is 2. The number of carbonyl (C=O) groups excluding carboxylic acids is 1. The minimum atomic E-state index is -0.701. The zero-order valence-corrected chi connectivity index (χ0v) is 16.8. The Kier molecular flexibility index (Phi) is 5.69. The number of nitrogens with one attached hydrogen (secondary N) is 1. The highest BCUT2D eigenvalue weighted by Crippen LogP contribution is 2.33. The third-order valence-electron chi connectivity index (χ3n) is 4.98. The summed E-state index contributed by atoms with van der Waals surface area (Å²) < 4.78 is 17.3. The van der Waals surface area contributed by atoms with Gasteiger partial charge in [0.2, 0.25) is 12.0 Å². The molecule has 8 heteroatoms.